The molecule has 1 aromatic heterocycles. The molecule has 1 aromatic rings. The van der Waals surface area contributed by atoms with Gasteiger partial charge in [0.25, 0.3) is 5.91 Å². The lowest BCUT2D eigenvalue weighted by Gasteiger charge is -2.27. The number of carbonyl (C=O) groups excluding carboxylic acids is 2. The van der Waals surface area contributed by atoms with Crippen LogP contribution in [0.3, 0.4) is 0 Å². The summed E-state index contributed by atoms with van der Waals surface area (Å²) >= 11 is 0. The van der Waals surface area contributed by atoms with E-state index in [0.717, 1.165) is 6.42 Å². The van der Waals surface area contributed by atoms with Gasteiger partial charge in [-0.05, 0) is 37.8 Å². The molecule has 0 radical (unpaired) electrons. The second-order valence-electron chi connectivity index (χ2n) is 7.35. The van der Waals surface area contributed by atoms with Crippen LogP contribution >= 0.6 is 0 Å². The summed E-state index contributed by atoms with van der Waals surface area (Å²) in [5, 5.41) is 2.52. The maximum atomic E-state index is 13.3. The summed E-state index contributed by atoms with van der Waals surface area (Å²) in [5.74, 6) is -7.00. The molecule has 28 heavy (non-hydrogen) atoms. The number of alkyl halides is 4. The van der Waals surface area contributed by atoms with Crippen LogP contribution in [0.5, 0.6) is 0 Å². The molecule has 5 nitrogen and oxygen atoms in total. The molecule has 2 aliphatic carbocycles. The maximum absolute atomic E-state index is 13.3. The molecule has 9 heteroatoms. The normalized spacial score (nSPS) is 23.1. The van der Waals surface area contributed by atoms with E-state index in [0.29, 0.717) is 31.4 Å². The lowest BCUT2D eigenvalue weighted by atomic mass is 9.86. The number of nitrogens with one attached hydrogen (secondary N) is 1. The van der Waals surface area contributed by atoms with Crippen LogP contribution in [0.25, 0.3) is 0 Å². The Balaban J connectivity index is 0.000000292. The zero-order valence-electron chi connectivity index (χ0n) is 15.5. The number of nitrogens with zero attached hydrogens (tertiary/aromatic N) is 1. The number of hydrogen-bond acceptors (Lipinski definition) is 3. The van der Waals surface area contributed by atoms with Crippen molar-refractivity contribution in [3.63, 3.8) is 0 Å². The molecule has 0 spiro atoms. The molecule has 0 saturated heterocycles. The van der Waals surface area contributed by atoms with Crippen molar-refractivity contribution in [3.8, 4) is 0 Å². The summed E-state index contributed by atoms with van der Waals surface area (Å²) in [6.45, 7) is 0. The minimum Gasteiger partial charge on any atom is -0.364 e. The summed E-state index contributed by atoms with van der Waals surface area (Å²) in [7, 11) is 0. The Hall–Kier alpha value is -2.19. The van der Waals surface area contributed by atoms with Crippen LogP contribution < -0.4 is 11.1 Å². The minimum atomic E-state index is -2.78. The van der Waals surface area contributed by atoms with Crippen molar-refractivity contribution in [1.29, 1.82) is 0 Å². The first-order valence-corrected chi connectivity index (χ1v) is 9.40. The van der Waals surface area contributed by atoms with Crippen LogP contribution in [0, 0.1) is 5.92 Å². The van der Waals surface area contributed by atoms with E-state index in [1.165, 1.54) is 18.3 Å². The van der Waals surface area contributed by atoms with Crippen LogP contribution in [0.15, 0.2) is 18.3 Å². The molecule has 1 heterocycles. The average molecular weight is 403 g/mol. The summed E-state index contributed by atoms with van der Waals surface area (Å²) in [4.78, 5) is 26.7. The van der Waals surface area contributed by atoms with Gasteiger partial charge >= 0.3 is 0 Å². The second kappa shape index (κ2) is 9.34. The number of rotatable bonds is 3. The van der Waals surface area contributed by atoms with E-state index in [1.807, 2.05) is 0 Å². The molecule has 3 N–H and O–H groups in total. The molecule has 0 aliphatic heterocycles. The smallest absolute Gasteiger partial charge is 0.267 e. The van der Waals surface area contributed by atoms with E-state index in [2.05, 4.69) is 10.3 Å². The molecule has 0 aromatic carbocycles. The Bertz CT molecular complexity index is 690. The highest BCUT2D eigenvalue weighted by molar-refractivity contribution is 5.95. The quantitative estimate of drug-likeness (QED) is 0.727. The first-order chi connectivity index (χ1) is 13.1. The van der Waals surface area contributed by atoms with Crippen LogP contribution in [-0.4, -0.2) is 28.6 Å². The number of primary amides is 1. The Labute approximate surface area is 161 Å². The van der Waals surface area contributed by atoms with Crippen molar-refractivity contribution >= 4 is 17.5 Å². The standard InChI is InChI=1S/C13H15F2N3O2.C6H10F2/c14-13(15)4-1-2-8(7-13)12(20)18-9-3-5-17-10(6-9)11(16)19;7-6(8)4-2-1-3-5-6/h3,5-6,8H,1-2,4,7H2,(H2,16,19)(H,17,18,20);1-5H2/t8-;/m0./s1. The number of pyridine rings is 1. The summed E-state index contributed by atoms with van der Waals surface area (Å²) in [6, 6.07) is 2.80. The van der Waals surface area contributed by atoms with Crippen molar-refractivity contribution in [2.75, 3.05) is 5.32 Å². The first kappa shape index (κ1) is 22.1. The van der Waals surface area contributed by atoms with Gasteiger partial charge in [-0.2, -0.15) is 0 Å². The third-order valence-corrected chi connectivity index (χ3v) is 4.88. The van der Waals surface area contributed by atoms with Gasteiger partial charge in [0.05, 0.1) is 0 Å². The Morgan fingerprint density at radius 2 is 1.68 bits per heavy atom. The molecule has 0 bridgehead atoms. The van der Waals surface area contributed by atoms with E-state index in [-0.39, 0.29) is 25.0 Å². The van der Waals surface area contributed by atoms with Gasteiger partial charge in [-0.1, -0.05) is 6.42 Å². The number of anilines is 1. The first-order valence-electron chi connectivity index (χ1n) is 9.40. The monoisotopic (exact) mass is 403 g/mol. The molecule has 3 rings (SSSR count). The average Bonchev–Trinajstić information content (AvgIpc) is 2.61. The summed E-state index contributed by atoms with van der Waals surface area (Å²) in [5.41, 5.74) is 5.42. The summed E-state index contributed by atoms with van der Waals surface area (Å²) in [6.07, 6.45) is 4.15. The molecule has 1 atom stereocenters. The Kier molecular flexibility index (Phi) is 7.37. The zero-order valence-corrected chi connectivity index (χ0v) is 15.5. The molecule has 2 aliphatic rings. The number of halogens is 4. The lowest BCUT2D eigenvalue weighted by molar-refractivity contribution is -0.127. The van der Waals surface area contributed by atoms with Gasteiger partial charge in [0, 0.05) is 43.5 Å². The number of amides is 2. The van der Waals surface area contributed by atoms with Gasteiger partial charge in [-0.25, -0.2) is 17.6 Å². The third-order valence-electron chi connectivity index (χ3n) is 4.88. The van der Waals surface area contributed by atoms with E-state index in [4.69, 9.17) is 5.73 Å². The predicted molar refractivity (Wildman–Crippen MR) is 96.3 cm³/mol. The van der Waals surface area contributed by atoms with E-state index in [9.17, 15) is 27.2 Å². The van der Waals surface area contributed by atoms with Crippen LogP contribution in [0.4, 0.5) is 23.2 Å². The second-order valence-corrected chi connectivity index (χ2v) is 7.35. The maximum Gasteiger partial charge on any atom is 0.267 e. The number of carbonyl (C=O) groups is 2. The molecule has 2 fully saturated rings. The van der Waals surface area contributed by atoms with Gasteiger partial charge < -0.3 is 11.1 Å². The highest BCUT2D eigenvalue weighted by Crippen LogP contribution is 2.37. The van der Waals surface area contributed by atoms with Gasteiger partial charge in [0.2, 0.25) is 17.8 Å². The van der Waals surface area contributed by atoms with E-state index >= 15 is 0 Å². The fraction of sp³-hybridized carbons (Fsp3) is 0.632. The van der Waals surface area contributed by atoms with Crippen molar-refractivity contribution in [2.45, 2.75) is 69.6 Å². The largest absolute Gasteiger partial charge is 0.364 e. The molecule has 156 valence electrons. The highest BCUT2D eigenvalue weighted by atomic mass is 19.3. The van der Waals surface area contributed by atoms with Crippen LogP contribution in [0.2, 0.25) is 0 Å². The van der Waals surface area contributed by atoms with Crippen LogP contribution in [0.1, 0.15) is 68.3 Å². The van der Waals surface area contributed by atoms with Gasteiger partial charge in [0.15, 0.2) is 0 Å². The zero-order chi connectivity index (χ0) is 20.8. The van der Waals surface area contributed by atoms with Gasteiger partial charge in [-0.3, -0.25) is 14.6 Å². The van der Waals surface area contributed by atoms with Crippen LogP contribution in [-0.2, 0) is 4.79 Å². The number of aromatic nitrogens is 1. The summed E-state index contributed by atoms with van der Waals surface area (Å²) < 4.78 is 51.0. The van der Waals surface area contributed by atoms with Gasteiger partial charge in [0.1, 0.15) is 5.69 Å². The molecule has 0 unspecified atom stereocenters. The van der Waals surface area contributed by atoms with Crippen molar-refractivity contribution in [2.24, 2.45) is 11.7 Å². The fourth-order valence-electron chi connectivity index (χ4n) is 3.35. The molecule has 2 saturated carbocycles. The molecule has 2 amide bonds. The Morgan fingerprint density at radius 1 is 1.04 bits per heavy atom. The fourth-order valence-corrected chi connectivity index (χ4v) is 3.35. The lowest BCUT2D eigenvalue weighted by Crippen LogP contribution is -2.33. The highest BCUT2D eigenvalue weighted by Gasteiger charge is 2.39. The Morgan fingerprint density at radius 3 is 2.21 bits per heavy atom. The number of nitrogens with two attached hydrogens (primary N) is 1. The SMILES string of the molecule is FC1(F)CCCCC1.NC(=O)c1cc(NC(=O)[C@H]2CCCC(F)(F)C2)ccn1. The minimum absolute atomic E-state index is 0.0109. The van der Waals surface area contributed by atoms with E-state index in [1.54, 1.807) is 0 Å². The van der Waals surface area contributed by atoms with Crippen molar-refractivity contribution in [1.82, 2.24) is 4.98 Å². The van der Waals surface area contributed by atoms with E-state index < -0.39 is 36.0 Å². The van der Waals surface area contributed by atoms with Gasteiger partial charge in [-0.15, -0.1) is 0 Å². The molecular weight excluding hydrogens is 378 g/mol. The topological polar surface area (TPSA) is 85.1 Å². The third kappa shape index (κ3) is 7.09. The van der Waals surface area contributed by atoms with Crippen molar-refractivity contribution in [3.05, 3.63) is 24.0 Å². The predicted octanol–water partition coefficient (Wildman–Crippen LogP) is 4.53. The molecular formula is C19H25F4N3O2. The number of hydrogen-bond donors (Lipinski definition) is 2. The van der Waals surface area contributed by atoms with Crippen molar-refractivity contribution < 1.29 is 27.2 Å².